The Kier molecular flexibility index (Phi) is 4.30. The van der Waals surface area contributed by atoms with E-state index in [1.807, 2.05) is 0 Å². The summed E-state index contributed by atoms with van der Waals surface area (Å²) in [6.07, 6.45) is 0. The summed E-state index contributed by atoms with van der Waals surface area (Å²) in [6.45, 7) is 3.63. The number of carbonyl (C=O) groups excluding carboxylic acids is 2. The molecule has 0 spiro atoms. The first-order valence-electron chi connectivity index (χ1n) is 5.59. The number of nitrogens with two attached hydrogens (primary N) is 1. The van der Waals surface area contributed by atoms with Gasteiger partial charge in [-0.05, 0) is 13.8 Å². The first kappa shape index (κ1) is 14.0. The largest absolute Gasteiger partial charge is 0.396 e. The molecule has 1 heterocycles. The van der Waals surface area contributed by atoms with Crippen LogP contribution in [0.1, 0.15) is 11.4 Å². The predicted octanol–water partition coefficient (Wildman–Crippen LogP) is -0.713. The van der Waals surface area contributed by atoms with Crippen molar-refractivity contribution in [3.63, 3.8) is 0 Å². The summed E-state index contributed by atoms with van der Waals surface area (Å²) < 4.78 is 1.53. The van der Waals surface area contributed by atoms with E-state index in [4.69, 9.17) is 5.73 Å². The van der Waals surface area contributed by atoms with Crippen LogP contribution in [0.25, 0.3) is 0 Å². The third-order valence-corrected chi connectivity index (χ3v) is 2.67. The van der Waals surface area contributed by atoms with Gasteiger partial charge >= 0.3 is 0 Å². The Balaban J connectivity index is 2.55. The quantitative estimate of drug-likeness (QED) is 0.741. The Bertz CT molecular complexity index is 464. The van der Waals surface area contributed by atoms with E-state index < -0.39 is 0 Å². The van der Waals surface area contributed by atoms with E-state index in [0.29, 0.717) is 11.4 Å². The molecule has 7 nitrogen and oxygen atoms in total. The van der Waals surface area contributed by atoms with Crippen molar-refractivity contribution in [2.75, 3.05) is 26.4 Å². The van der Waals surface area contributed by atoms with Crippen molar-refractivity contribution >= 4 is 17.5 Å². The highest BCUT2D eigenvalue weighted by Crippen LogP contribution is 2.14. The Morgan fingerprint density at radius 1 is 1.39 bits per heavy atom. The molecule has 0 aliphatic heterocycles. The van der Waals surface area contributed by atoms with Crippen molar-refractivity contribution in [3.8, 4) is 0 Å². The molecule has 0 saturated carbocycles. The smallest absolute Gasteiger partial charge is 0.242 e. The summed E-state index contributed by atoms with van der Waals surface area (Å²) in [5, 5.41) is 6.68. The van der Waals surface area contributed by atoms with Gasteiger partial charge < -0.3 is 16.0 Å². The normalized spacial score (nSPS) is 10.2. The predicted molar refractivity (Wildman–Crippen MR) is 67.8 cm³/mol. The second-order valence-corrected chi connectivity index (χ2v) is 4.31. The second kappa shape index (κ2) is 5.52. The number of amides is 2. The molecule has 0 unspecified atom stereocenters. The minimum Gasteiger partial charge on any atom is -0.396 e. The van der Waals surface area contributed by atoms with Crippen LogP contribution in [-0.2, 0) is 16.1 Å². The van der Waals surface area contributed by atoms with Crippen LogP contribution >= 0.6 is 0 Å². The number of anilines is 1. The molecule has 0 aliphatic rings. The molecule has 0 bridgehead atoms. The Labute approximate surface area is 106 Å². The Morgan fingerprint density at radius 3 is 2.44 bits per heavy atom. The molecule has 0 saturated heterocycles. The number of aromatic nitrogens is 2. The van der Waals surface area contributed by atoms with E-state index in [-0.39, 0.29) is 24.9 Å². The summed E-state index contributed by atoms with van der Waals surface area (Å²) in [4.78, 5) is 24.3. The van der Waals surface area contributed by atoms with Crippen LogP contribution < -0.4 is 11.1 Å². The molecule has 18 heavy (non-hydrogen) atoms. The number of nitrogen functional groups attached to an aromatic ring is 1. The zero-order valence-electron chi connectivity index (χ0n) is 11.1. The molecule has 100 valence electrons. The minimum atomic E-state index is -0.268. The first-order valence-corrected chi connectivity index (χ1v) is 5.59. The van der Waals surface area contributed by atoms with E-state index in [9.17, 15) is 9.59 Å². The van der Waals surface area contributed by atoms with E-state index >= 15 is 0 Å². The fraction of sp³-hybridized carbons (Fsp3) is 0.545. The number of likely N-dealkylation sites (N-methyl/N-ethyl adjacent to an activating group) is 1. The van der Waals surface area contributed by atoms with Gasteiger partial charge in [-0.2, -0.15) is 5.10 Å². The number of hydrogen-bond donors (Lipinski definition) is 2. The highest BCUT2D eigenvalue weighted by molar-refractivity contribution is 5.84. The van der Waals surface area contributed by atoms with Gasteiger partial charge in [0.05, 0.1) is 23.6 Å². The van der Waals surface area contributed by atoms with Crippen LogP contribution in [-0.4, -0.2) is 47.1 Å². The summed E-state index contributed by atoms with van der Waals surface area (Å²) >= 11 is 0. The lowest BCUT2D eigenvalue weighted by atomic mass is 10.3. The number of carbonyl (C=O) groups is 2. The van der Waals surface area contributed by atoms with Gasteiger partial charge in [0.2, 0.25) is 11.8 Å². The summed E-state index contributed by atoms with van der Waals surface area (Å²) in [7, 11) is 3.27. The molecule has 0 radical (unpaired) electrons. The van der Waals surface area contributed by atoms with Crippen LogP contribution in [0.3, 0.4) is 0 Å². The Morgan fingerprint density at radius 2 is 2.00 bits per heavy atom. The molecule has 2 amide bonds. The monoisotopic (exact) mass is 253 g/mol. The highest BCUT2D eigenvalue weighted by atomic mass is 16.2. The van der Waals surface area contributed by atoms with Crippen LogP contribution in [0.2, 0.25) is 0 Å². The number of hydrogen-bond acceptors (Lipinski definition) is 4. The topological polar surface area (TPSA) is 93.2 Å². The van der Waals surface area contributed by atoms with Gasteiger partial charge in [0.1, 0.15) is 6.54 Å². The van der Waals surface area contributed by atoms with Crippen LogP contribution in [0.15, 0.2) is 0 Å². The summed E-state index contributed by atoms with van der Waals surface area (Å²) in [5.41, 5.74) is 7.80. The molecule has 0 aliphatic carbocycles. The lowest BCUT2D eigenvalue weighted by Gasteiger charge is -2.11. The maximum atomic E-state index is 11.6. The number of aryl methyl sites for hydroxylation is 1. The van der Waals surface area contributed by atoms with Crippen LogP contribution in [0, 0.1) is 13.8 Å². The average molecular weight is 253 g/mol. The van der Waals surface area contributed by atoms with Crippen molar-refractivity contribution in [3.05, 3.63) is 11.4 Å². The standard InChI is InChI=1S/C11H19N5O2/c1-7-11(12)8(2)16(14-7)6-9(17)13-5-10(18)15(3)4/h5-6,12H2,1-4H3,(H,13,17). The zero-order chi connectivity index (χ0) is 13.9. The van der Waals surface area contributed by atoms with E-state index in [1.165, 1.54) is 9.58 Å². The molecule has 0 aromatic carbocycles. The maximum Gasteiger partial charge on any atom is 0.242 e. The van der Waals surface area contributed by atoms with Gasteiger partial charge in [-0.1, -0.05) is 0 Å². The molecule has 7 heteroatoms. The lowest BCUT2D eigenvalue weighted by molar-refractivity contribution is -0.131. The molecule has 1 aromatic heterocycles. The molecule has 0 atom stereocenters. The van der Waals surface area contributed by atoms with Gasteiger partial charge in [0, 0.05) is 14.1 Å². The minimum absolute atomic E-state index is 0.0133. The first-order chi connectivity index (χ1) is 8.32. The molecule has 0 fully saturated rings. The van der Waals surface area contributed by atoms with E-state index in [1.54, 1.807) is 27.9 Å². The second-order valence-electron chi connectivity index (χ2n) is 4.31. The van der Waals surface area contributed by atoms with Crippen molar-refractivity contribution in [2.24, 2.45) is 0 Å². The van der Waals surface area contributed by atoms with Gasteiger partial charge in [-0.25, -0.2) is 0 Å². The number of nitrogens with zero attached hydrogens (tertiary/aromatic N) is 3. The highest BCUT2D eigenvalue weighted by Gasteiger charge is 2.12. The SMILES string of the molecule is Cc1nn(CC(=O)NCC(=O)N(C)C)c(C)c1N. The van der Waals surface area contributed by atoms with Crippen molar-refractivity contribution in [1.29, 1.82) is 0 Å². The fourth-order valence-electron chi connectivity index (χ4n) is 1.39. The molecule has 3 N–H and O–H groups in total. The molecular formula is C11H19N5O2. The maximum absolute atomic E-state index is 11.6. The van der Waals surface area contributed by atoms with Gasteiger partial charge in [0.25, 0.3) is 0 Å². The van der Waals surface area contributed by atoms with Crippen molar-refractivity contribution < 1.29 is 9.59 Å². The Hall–Kier alpha value is -2.05. The summed E-state index contributed by atoms with van der Waals surface area (Å²) in [5.74, 6) is -0.424. The van der Waals surface area contributed by atoms with Crippen molar-refractivity contribution in [1.82, 2.24) is 20.0 Å². The zero-order valence-corrected chi connectivity index (χ0v) is 11.1. The molecular weight excluding hydrogens is 234 g/mol. The molecule has 1 rings (SSSR count). The molecule has 1 aromatic rings. The van der Waals surface area contributed by atoms with E-state index in [0.717, 1.165) is 5.69 Å². The van der Waals surface area contributed by atoms with E-state index in [2.05, 4.69) is 10.4 Å². The van der Waals surface area contributed by atoms with Gasteiger partial charge in [0.15, 0.2) is 0 Å². The van der Waals surface area contributed by atoms with Gasteiger partial charge in [-0.15, -0.1) is 0 Å². The number of nitrogens with one attached hydrogen (secondary N) is 1. The van der Waals surface area contributed by atoms with Crippen molar-refractivity contribution in [2.45, 2.75) is 20.4 Å². The fourth-order valence-corrected chi connectivity index (χ4v) is 1.39. The third kappa shape index (κ3) is 3.22. The third-order valence-electron chi connectivity index (χ3n) is 2.67. The summed E-state index contributed by atoms with van der Waals surface area (Å²) in [6, 6.07) is 0. The van der Waals surface area contributed by atoms with Crippen LogP contribution in [0.4, 0.5) is 5.69 Å². The number of rotatable bonds is 4. The average Bonchev–Trinajstić information content (AvgIpc) is 2.54. The lowest BCUT2D eigenvalue weighted by Crippen LogP contribution is -2.37. The van der Waals surface area contributed by atoms with Crippen LogP contribution in [0.5, 0.6) is 0 Å². The van der Waals surface area contributed by atoms with Gasteiger partial charge in [-0.3, -0.25) is 14.3 Å².